The second-order valence-corrected chi connectivity index (χ2v) is 6.35. The van der Waals surface area contributed by atoms with E-state index in [9.17, 15) is 9.59 Å². The fourth-order valence-corrected chi connectivity index (χ4v) is 2.57. The average Bonchev–Trinajstić information content (AvgIpc) is 2.77. The molecule has 0 radical (unpaired) electrons. The third kappa shape index (κ3) is 6.38. The fraction of sp³-hybridized carbons (Fsp3) is 0.167. The topological polar surface area (TPSA) is 71.1 Å². The standard InChI is InChI=1S/C24H22O6/c1-18-7-5-6-10-22(18)29-17-23(25)30-21-13-11-19(12-14-21)24(26)28-16-15-27-20-8-3-2-4-9-20/h2-14H,15-17H2,1H3. The van der Waals surface area contributed by atoms with Crippen LogP contribution in [0.4, 0.5) is 0 Å². The van der Waals surface area contributed by atoms with Crippen molar-refractivity contribution in [3.05, 3.63) is 90.0 Å². The predicted molar refractivity (Wildman–Crippen MR) is 111 cm³/mol. The van der Waals surface area contributed by atoms with E-state index < -0.39 is 11.9 Å². The van der Waals surface area contributed by atoms with Crippen LogP contribution in [0.25, 0.3) is 0 Å². The van der Waals surface area contributed by atoms with Crippen LogP contribution in [0.5, 0.6) is 17.2 Å². The average molecular weight is 406 g/mol. The van der Waals surface area contributed by atoms with Crippen LogP contribution >= 0.6 is 0 Å². The molecular weight excluding hydrogens is 384 g/mol. The first-order valence-corrected chi connectivity index (χ1v) is 9.46. The number of hydrogen-bond donors (Lipinski definition) is 0. The Bertz CT molecular complexity index is 967. The smallest absolute Gasteiger partial charge is 0.349 e. The molecule has 6 heteroatoms. The zero-order valence-corrected chi connectivity index (χ0v) is 16.6. The molecule has 0 spiro atoms. The first-order valence-electron chi connectivity index (χ1n) is 9.46. The molecule has 0 fully saturated rings. The van der Waals surface area contributed by atoms with Gasteiger partial charge < -0.3 is 18.9 Å². The highest BCUT2D eigenvalue weighted by molar-refractivity contribution is 5.89. The van der Waals surface area contributed by atoms with E-state index in [1.165, 1.54) is 24.3 Å². The van der Waals surface area contributed by atoms with Crippen molar-refractivity contribution in [1.82, 2.24) is 0 Å². The molecular formula is C24H22O6. The molecule has 0 heterocycles. The zero-order chi connectivity index (χ0) is 21.2. The highest BCUT2D eigenvalue weighted by atomic mass is 16.6. The predicted octanol–water partition coefficient (Wildman–Crippen LogP) is 4.22. The molecule has 154 valence electrons. The molecule has 0 saturated heterocycles. The summed E-state index contributed by atoms with van der Waals surface area (Å²) >= 11 is 0. The maximum Gasteiger partial charge on any atom is 0.349 e. The van der Waals surface area contributed by atoms with Gasteiger partial charge in [0.2, 0.25) is 0 Å². The van der Waals surface area contributed by atoms with E-state index in [4.69, 9.17) is 18.9 Å². The summed E-state index contributed by atoms with van der Waals surface area (Å²) in [6.07, 6.45) is 0. The highest BCUT2D eigenvalue weighted by Crippen LogP contribution is 2.17. The van der Waals surface area contributed by atoms with Gasteiger partial charge in [-0.15, -0.1) is 0 Å². The van der Waals surface area contributed by atoms with E-state index in [2.05, 4.69) is 0 Å². The highest BCUT2D eigenvalue weighted by Gasteiger charge is 2.10. The van der Waals surface area contributed by atoms with Gasteiger partial charge in [-0.2, -0.15) is 0 Å². The molecule has 30 heavy (non-hydrogen) atoms. The number of esters is 2. The van der Waals surface area contributed by atoms with E-state index in [-0.39, 0.29) is 19.8 Å². The minimum Gasteiger partial charge on any atom is -0.490 e. The number of aryl methyl sites for hydroxylation is 1. The first-order chi connectivity index (χ1) is 14.6. The van der Waals surface area contributed by atoms with E-state index >= 15 is 0 Å². The van der Waals surface area contributed by atoms with Gasteiger partial charge >= 0.3 is 11.9 Å². The lowest BCUT2D eigenvalue weighted by Gasteiger charge is -2.09. The number of benzene rings is 3. The van der Waals surface area contributed by atoms with Gasteiger partial charge in [0.25, 0.3) is 0 Å². The van der Waals surface area contributed by atoms with Gasteiger partial charge in [-0.3, -0.25) is 0 Å². The van der Waals surface area contributed by atoms with Gasteiger partial charge in [0.1, 0.15) is 30.5 Å². The summed E-state index contributed by atoms with van der Waals surface area (Å²) in [5.74, 6) is 0.645. The Kier molecular flexibility index (Phi) is 7.44. The maximum absolute atomic E-state index is 12.1. The Morgan fingerprint density at radius 1 is 0.733 bits per heavy atom. The fourth-order valence-electron chi connectivity index (χ4n) is 2.57. The van der Waals surface area contributed by atoms with Gasteiger partial charge in [0.05, 0.1) is 5.56 Å². The van der Waals surface area contributed by atoms with Crippen molar-refractivity contribution in [1.29, 1.82) is 0 Å². The third-order valence-corrected chi connectivity index (χ3v) is 4.09. The minimum atomic E-state index is -0.536. The van der Waals surface area contributed by atoms with Crippen LogP contribution in [-0.2, 0) is 9.53 Å². The third-order valence-electron chi connectivity index (χ3n) is 4.09. The Labute approximate surface area is 175 Å². The lowest BCUT2D eigenvalue weighted by Crippen LogP contribution is -2.18. The minimum absolute atomic E-state index is 0.126. The summed E-state index contributed by atoms with van der Waals surface area (Å²) in [5, 5.41) is 0. The van der Waals surface area contributed by atoms with E-state index in [0.717, 1.165) is 5.56 Å². The molecule has 0 saturated carbocycles. The molecule has 0 atom stereocenters. The molecule has 0 unspecified atom stereocenters. The Morgan fingerprint density at radius 2 is 1.43 bits per heavy atom. The van der Waals surface area contributed by atoms with E-state index in [1.807, 2.05) is 55.5 Å². The van der Waals surface area contributed by atoms with Crippen LogP contribution in [0.15, 0.2) is 78.9 Å². The van der Waals surface area contributed by atoms with Crippen molar-refractivity contribution in [3.63, 3.8) is 0 Å². The summed E-state index contributed by atoms with van der Waals surface area (Å²) in [6.45, 7) is 2.06. The Balaban J connectivity index is 1.40. The van der Waals surface area contributed by atoms with Crippen LogP contribution < -0.4 is 14.2 Å². The number of carbonyl (C=O) groups is 2. The molecule has 3 aromatic carbocycles. The van der Waals surface area contributed by atoms with Crippen molar-refractivity contribution in [2.75, 3.05) is 19.8 Å². The van der Waals surface area contributed by atoms with Gasteiger partial charge in [-0.1, -0.05) is 36.4 Å². The van der Waals surface area contributed by atoms with Crippen LogP contribution in [0.3, 0.4) is 0 Å². The molecule has 0 aliphatic heterocycles. The number of hydrogen-bond acceptors (Lipinski definition) is 6. The van der Waals surface area contributed by atoms with Crippen molar-refractivity contribution in [2.45, 2.75) is 6.92 Å². The molecule has 0 bridgehead atoms. The summed E-state index contributed by atoms with van der Waals surface area (Å²) in [5.41, 5.74) is 1.29. The summed E-state index contributed by atoms with van der Waals surface area (Å²) in [7, 11) is 0. The van der Waals surface area contributed by atoms with Crippen molar-refractivity contribution < 1.29 is 28.5 Å². The number of rotatable bonds is 9. The quantitative estimate of drug-likeness (QED) is 0.301. The molecule has 3 rings (SSSR count). The normalized spacial score (nSPS) is 10.2. The number of ether oxygens (including phenoxy) is 4. The second-order valence-electron chi connectivity index (χ2n) is 6.35. The summed E-state index contributed by atoms with van der Waals surface area (Å²) < 4.78 is 21.3. The van der Waals surface area contributed by atoms with Gasteiger partial charge in [0.15, 0.2) is 6.61 Å². The monoisotopic (exact) mass is 406 g/mol. The lowest BCUT2D eigenvalue weighted by molar-refractivity contribution is -0.136. The molecule has 3 aromatic rings. The molecule has 0 amide bonds. The van der Waals surface area contributed by atoms with Gasteiger partial charge in [-0.05, 0) is 55.0 Å². The lowest BCUT2D eigenvalue weighted by atomic mass is 10.2. The van der Waals surface area contributed by atoms with Crippen molar-refractivity contribution >= 4 is 11.9 Å². The van der Waals surface area contributed by atoms with Gasteiger partial charge in [0, 0.05) is 0 Å². The molecule has 0 aliphatic rings. The van der Waals surface area contributed by atoms with Crippen LogP contribution in [0.1, 0.15) is 15.9 Å². The maximum atomic E-state index is 12.1. The van der Waals surface area contributed by atoms with Crippen LogP contribution in [0, 0.1) is 6.92 Å². The van der Waals surface area contributed by atoms with E-state index in [0.29, 0.717) is 22.8 Å². The molecule has 6 nitrogen and oxygen atoms in total. The number of carbonyl (C=O) groups excluding carboxylic acids is 2. The molecule has 0 N–H and O–H groups in total. The Hall–Kier alpha value is -3.80. The Morgan fingerprint density at radius 3 is 2.17 bits per heavy atom. The molecule has 0 aliphatic carbocycles. The van der Waals surface area contributed by atoms with Crippen LogP contribution in [0.2, 0.25) is 0 Å². The second kappa shape index (κ2) is 10.7. The van der Waals surface area contributed by atoms with Crippen molar-refractivity contribution in [2.24, 2.45) is 0 Å². The van der Waals surface area contributed by atoms with Gasteiger partial charge in [-0.25, -0.2) is 9.59 Å². The SMILES string of the molecule is Cc1ccccc1OCC(=O)Oc1ccc(C(=O)OCCOc2ccccc2)cc1. The summed E-state index contributed by atoms with van der Waals surface area (Å²) in [6, 6.07) is 22.8. The summed E-state index contributed by atoms with van der Waals surface area (Å²) in [4.78, 5) is 24.0. The first kappa shape index (κ1) is 20.9. The van der Waals surface area contributed by atoms with E-state index in [1.54, 1.807) is 6.07 Å². The van der Waals surface area contributed by atoms with Crippen molar-refractivity contribution in [3.8, 4) is 17.2 Å². The zero-order valence-electron chi connectivity index (χ0n) is 16.6. The molecule has 0 aromatic heterocycles. The van der Waals surface area contributed by atoms with Crippen LogP contribution in [-0.4, -0.2) is 31.8 Å². The number of para-hydroxylation sites is 2. The largest absolute Gasteiger partial charge is 0.490 e.